The van der Waals surface area contributed by atoms with Gasteiger partial charge in [0.15, 0.2) is 0 Å². The van der Waals surface area contributed by atoms with Crippen LogP contribution in [0.2, 0.25) is 5.02 Å². The lowest BCUT2D eigenvalue weighted by atomic mass is 9.95. The van der Waals surface area contributed by atoms with Crippen molar-refractivity contribution in [2.45, 2.75) is 44.7 Å². The zero-order valence-electron chi connectivity index (χ0n) is 10.4. The third kappa shape index (κ3) is 3.62. The fourth-order valence-corrected chi connectivity index (χ4v) is 2.76. The highest BCUT2D eigenvalue weighted by Gasteiger charge is 2.16. The molecule has 1 saturated carbocycles. The number of hydrogen-bond acceptors (Lipinski definition) is 1. The zero-order chi connectivity index (χ0) is 12.1. The van der Waals surface area contributed by atoms with Crippen LogP contribution in [0, 0.1) is 0 Å². The fraction of sp³-hybridized carbons (Fsp3) is 0.571. The minimum Gasteiger partial charge on any atom is -0.496 e. The summed E-state index contributed by atoms with van der Waals surface area (Å²) in [6.07, 6.45) is 6.87. The number of ether oxygens (including phenoxy) is 1. The predicted octanol–water partition coefficient (Wildman–Crippen LogP) is 2.74. The molecule has 0 heterocycles. The third-order valence-corrected chi connectivity index (χ3v) is 3.80. The summed E-state index contributed by atoms with van der Waals surface area (Å²) in [6.45, 7) is 0.967. The molecule has 1 aromatic rings. The Balaban J connectivity index is 1.95. The van der Waals surface area contributed by atoms with E-state index < -0.39 is 0 Å². The van der Waals surface area contributed by atoms with E-state index in [0.717, 1.165) is 23.4 Å². The molecule has 17 heavy (non-hydrogen) atoms. The highest BCUT2D eigenvalue weighted by Crippen LogP contribution is 2.22. The second-order valence-electron chi connectivity index (χ2n) is 4.79. The molecule has 0 amide bonds. The van der Waals surface area contributed by atoms with Crippen molar-refractivity contribution in [3.05, 3.63) is 28.8 Å². The fourth-order valence-electron chi connectivity index (χ4n) is 2.57. The van der Waals surface area contributed by atoms with Gasteiger partial charge >= 0.3 is 0 Å². The van der Waals surface area contributed by atoms with Gasteiger partial charge in [0, 0.05) is 10.6 Å². The molecule has 2 rings (SSSR count). The van der Waals surface area contributed by atoms with Gasteiger partial charge in [-0.1, -0.05) is 18.0 Å². The smallest absolute Gasteiger partial charge is 0.127 e. The molecule has 0 bridgehead atoms. The van der Waals surface area contributed by atoms with Crippen molar-refractivity contribution < 1.29 is 10.1 Å². The summed E-state index contributed by atoms with van der Waals surface area (Å²) in [4.78, 5) is 0. The molecule has 2 N–H and O–H groups in total. The van der Waals surface area contributed by atoms with Crippen molar-refractivity contribution >= 4 is 11.6 Å². The topological polar surface area (TPSA) is 25.8 Å². The van der Waals surface area contributed by atoms with Gasteiger partial charge in [-0.2, -0.15) is 0 Å². The molecule has 0 spiro atoms. The van der Waals surface area contributed by atoms with Crippen LogP contribution in [-0.4, -0.2) is 13.2 Å². The van der Waals surface area contributed by atoms with Crippen LogP contribution in [0.15, 0.2) is 18.2 Å². The molecule has 0 saturated heterocycles. The van der Waals surface area contributed by atoms with Gasteiger partial charge in [-0.05, 0) is 43.9 Å². The Labute approximate surface area is 108 Å². The van der Waals surface area contributed by atoms with Crippen molar-refractivity contribution in [2.75, 3.05) is 7.11 Å². The van der Waals surface area contributed by atoms with Gasteiger partial charge in [-0.3, -0.25) is 0 Å². The Bertz CT molecular complexity index is 361. The third-order valence-electron chi connectivity index (χ3n) is 3.56. The summed E-state index contributed by atoms with van der Waals surface area (Å²) in [5.74, 6) is 0.946. The van der Waals surface area contributed by atoms with Crippen LogP contribution < -0.4 is 10.1 Å². The Morgan fingerprint density at radius 3 is 2.76 bits per heavy atom. The highest BCUT2D eigenvalue weighted by molar-refractivity contribution is 6.30. The quantitative estimate of drug-likeness (QED) is 0.879. The maximum absolute atomic E-state index is 6.03. The van der Waals surface area contributed by atoms with E-state index in [-0.39, 0.29) is 0 Å². The lowest BCUT2D eigenvalue weighted by Crippen LogP contribution is -2.88. The second-order valence-corrected chi connectivity index (χ2v) is 5.23. The summed E-state index contributed by atoms with van der Waals surface area (Å²) in [7, 11) is 1.72. The van der Waals surface area contributed by atoms with Crippen LogP contribution in [0.5, 0.6) is 5.75 Å². The standard InChI is InChI=1S/C14H20ClNO/c1-17-14-8-7-12(15)9-11(14)10-16-13-5-3-2-4-6-13/h7-9,13,16H,2-6,10H2,1H3/p+1. The van der Waals surface area contributed by atoms with Gasteiger partial charge in [-0.25, -0.2) is 0 Å². The number of rotatable bonds is 4. The van der Waals surface area contributed by atoms with Crippen LogP contribution in [0.25, 0.3) is 0 Å². The first-order valence-corrected chi connectivity index (χ1v) is 6.83. The summed E-state index contributed by atoms with van der Waals surface area (Å²) in [5.41, 5.74) is 1.20. The van der Waals surface area contributed by atoms with Gasteiger partial charge < -0.3 is 10.1 Å². The van der Waals surface area contributed by atoms with E-state index in [1.807, 2.05) is 18.2 Å². The molecule has 2 nitrogen and oxygen atoms in total. The highest BCUT2D eigenvalue weighted by atomic mass is 35.5. The first-order valence-electron chi connectivity index (χ1n) is 6.45. The predicted molar refractivity (Wildman–Crippen MR) is 70.5 cm³/mol. The summed E-state index contributed by atoms with van der Waals surface area (Å²) in [6, 6.07) is 6.63. The average molecular weight is 255 g/mol. The van der Waals surface area contributed by atoms with Gasteiger partial charge in [0.2, 0.25) is 0 Å². The molecule has 1 fully saturated rings. The molecule has 1 aliphatic rings. The zero-order valence-corrected chi connectivity index (χ0v) is 11.2. The number of halogens is 1. The van der Waals surface area contributed by atoms with Crippen LogP contribution >= 0.6 is 11.6 Å². The van der Waals surface area contributed by atoms with Crippen molar-refractivity contribution in [1.82, 2.24) is 0 Å². The molecule has 1 aromatic carbocycles. The Hall–Kier alpha value is -0.730. The lowest BCUT2D eigenvalue weighted by Gasteiger charge is -2.20. The maximum atomic E-state index is 6.03. The van der Waals surface area contributed by atoms with E-state index >= 15 is 0 Å². The number of benzene rings is 1. The van der Waals surface area contributed by atoms with Gasteiger partial charge in [-0.15, -0.1) is 0 Å². The molecule has 3 heteroatoms. The Kier molecular flexibility index (Phi) is 4.69. The molecule has 0 unspecified atom stereocenters. The first-order chi connectivity index (χ1) is 8.29. The summed E-state index contributed by atoms with van der Waals surface area (Å²) in [5, 5.41) is 3.23. The number of nitrogens with two attached hydrogens (primary N) is 1. The van der Waals surface area contributed by atoms with Crippen molar-refractivity contribution in [1.29, 1.82) is 0 Å². The minimum atomic E-state index is 0.785. The van der Waals surface area contributed by atoms with E-state index in [1.165, 1.54) is 37.7 Å². The normalized spacial score (nSPS) is 17.1. The Morgan fingerprint density at radius 2 is 2.06 bits per heavy atom. The molecule has 0 aliphatic heterocycles. The minimum absolute atomic E-state index is 0.785. The Morgan fingerprint density at radius 1 is 1.29 bits per heavy atom. The van der Waals surface area contributed by atoms with Crippen LogP contribution in [0.1, 0.15) is 37.7 Å². The molecule has 1 aliphatic carbocycles. The molecule has 0 atom stereocenters. The number of hydrogen-bond donors (Lipinski definition) is 1. The van der Waals surface area contributed by atoms with Crippen molar-refractivity contribution in [2.24, 2.45) is 0 Å². The number of quaternary nitrogens is 1. The first kappa shape index (κ1) is 12.7. The van der Waals surface area contributed by atoms with Gasteiger partial charge in [0.25, 0.3) is 0 Å². The average Bonchev–Trinajstić information content (AvgIpc) is 2.38. The van der Waals surface area contributed by atoms with E-state index in [9.17, 15) is 0 Å². The lowest BCUT2D eigenvalue weighted by molar-refractivity contribution is -0.706. The molecular weight excluding hydrogens is 234 g/mol. The molecule has 0 aromatic heterocycles. The SMILES string of the molecule is COc1ccc(Cl)cc1C[NH2+]C1CCCCC1. The van der Waals surface area contributed by atoms with E-state index in [1.54, 1.807) is 7.11 Å². The summed E-state index contributed by atoms with van der Waals surface area (Å²) < 4.78 is 5.36. The van der Waals surface area contributed by atoms with Crippen LogP contribution in [0.3, 0.4) is 0 Å². The monoisotopic (exact) mass is 254 g/mol. The molecule has 0 radical (unpaired) electrons. The van der Waals surface area contributed by atoms with E-state index in [0.29, 0.717) is 0 Å². The van der Waals surface area contributed by atoms with Crippen LogP contribution in [0.4, 0.5) is 0 Å². The molecular formula is C14H21ClNO+. The van der Waals surface area contributed by atoms with E-state index in [2.05, 4.69) is 5.32 Å². The van der Waals surface area contributed by atoms with Crippen LogP contribution in [-0.2, 0) is 6.54 Å². The second kappa shape index (κ2) is 6.27. The summed E-state index contributed by atoms with van der Waals surface area (Å²) >= 11 is 6.03. The molecule has 94 valence electrons. The maximum Gasteiger partial charge on any atom is 0.127 e. The van der Waals surface area contributed by atoms with Gasteiger partial charge in [0.1, 0.15) is 12.3 Å². The van der Waals surface area contributed by atoms with Crippen molar-refractivity contribution in [3.8, 4) is 5.75 Å². The number of methoxy groups -OCH3 is 1. The van der Waals surface area contributed by atoms with E-state index in [4.69, 9.17) is 16.3 Å². The largest absolute Gasteiger partial charge is 0.496 e. The van der Waals surface area contributed by atoms with Crippen molar-refractivity contribution in [3.63, 3.8) is 0 Å². The van der Waals surface area contributed by atoms with Gasteiger partial charge in [0.05, 0.1) is 13.2 Å².